The molecule has 0 amide bonds. The number of tetrazole rings is 1. The van der Waals surface area contributed by atoms with Crippen LogP contribution in [0.1, 0.15) is 6.42 Å². The topological polar surface area (TPSA) is 43.6 Å². The highest BCUT2D eigenvalue weighted by atomic mass is 79.9. The van der Waals surface area contributed by atoms with Crippen molar-refractivity contribution in [1.82, 2.24) is 20.2 Å². The Labute approximate surface area is 107 Å². The van der Waals surface area contributed by atoms with Crippen molar-refractivity contribution in [3.63, 3.8) is 0 Å². The number of rotatable bonds is 5. The van der Waals surface area contributed by atoms with E-state index in [4.69, 9.17) is 0 Å². The Morgan fingerprint density at radius 2 is 2.06 bits per heavy atom. The molecule has 0 atom stereocenters. The molecule has 0 unspecified atom stereocenters. The van der Waals surface area contributed by atoms with E-state index in [1.54, 1.807) is 16.4 Å². The molecule has 0 aliphatic rings. The van der Waals surface area contributed by atoms with Gasteiger partial charge in [-0.15, -0.1) is 5.10 Å². The lowest BCUT2D eigenvalue weighted by molar-refractivity contribution is 0.756. The van der Waals surface area contributed by atoms with Crippen molar-refractivity contribution in [2.45, 2.75) is 11.6 Å². The first-order valence-electron chi connectivity index (χ1n) is 4.94. The highest BCUT2D eigenvalue weighted by Gasteiger charge is 2.07. The summed E-state index contributed by atoms with van der Waals surface area (Å²) in [6.07, 6.45) is 1.10. The smallest absolute Gasteiger partial charge is 0.188 e. The number of hydrogen-bond donors (Lipinski definition) is 0. The van der Waals surface area contributed by atoms with Crippen LogP contribution in [-0.4, -0.2) is 31.3 Å². The molecule has 0 bridgehead atoms. The highest BCUT2D eigenvalue weighted by Crippen LogP contribution is 2.18. The Hall–Kier alpha value is -0.880. The monoisotopic (exact) mass is 298 g/mol. The van der Waals surface area contributed by atoms with Gasteiger partial charge in [0.05, 0.1) is 5.69 Å². The SMILES string of the molecule is BrCCCSc1nnnn1-c1ccccc1. The van der Waals surface area contributed by atoms with Crippen molar-refractivity contribution in [3.05, 3.63) is 30.3 Å². The molecule has 0 saturated heterocycles. The molecule has 0 aliphatic carbocycles. The number of nitrogens with zero attached hydrogens (tertiary/aromatic N) is 4. The summed E-state index contributed by atoms with van der Waals surface area (Å²) in [6.45, 7) is 0. The first-order valence-corrected chi connectivity index (χ1v) is 7.05. The van der Waals surface area contributed by atoms with Gasteiger partial charge in [0.25, 0.3) is 0 Å². The first kappa shape index (κ1) is 11.6. The van der Waals surface area contributed by atoms with Gasteiger partial charge in [0, 0.05) is 11.1 Å². The Kier molecular flexibility index (Phi) is 4.35. The van der Waals surface area contributed by atoms with Gasteiger partial charge >= 0.3 is 0 Å². The Morgan fingerprint density at radius 1 is 1.25 bits per heavy atom. The van der Waals surface area contributed by atoms with Crippen molar-refractivity contribution < 1.29 is 0 Å². The Morgan fingerprint density at radius 3 is 2.81 bits per heavy atom. The molecule has 0 aliphatic heterocycles. The second-order valence-corrected chi connectivity index (χ2v) is 4.95. The van der Waals surface area contributed by atoms with Crippen molar-refractivity contribution in [3.8, 4) is 5.69 Å². The van der Waals surface area contributed by atoms with Gasteiger partial charge in [0.2, 0.25) is 5.16 Å². The fourth-order valence-electron chi connectivity index (χ4n) is 1.22. The van der Waals surface area contributed by atoms with Crippen LogP contribution in [0.4, 0.5) is 0 Å². The standard InChI is InChI=1S/C10H11BrN4S/c11-7-4-8-16-10-12-13-14-15(10)9-5-2-1-3-6-9/h1-3,5-6H,4,7-8H2. The van der Waals surface area contributed by atoms with Gasteiger partial charge in [-0.3, -0.25) is 0 Å². The minimum atomic E-state index is 0.840. The van der Waals surface area contributed by atoms with E-state index in [-0.39, 0.29) is 0 Å². The van der Waals surface area contributed by atoms with Crippen molar-refractivity contribution in [1.29, 1.82) is 0 Å². The average Bonchev–Trinajstić information content (AvgIpc) is 2.79. The zero-order valence-corrected chi connectivity index (χ0v) is 11.0. The molecule has 1 aromatic heterocycles. The largest absolute Gasteiger partial charge is 0.214 e. The minimum absolute atomic E-state index is 0.840. The number of thioether (sulfide) groups is 1. The quantitative estimate of drug-likeness (QED) is 0.483. The summed E-state index contributed by atoms with van der Waals surface area (Å²) in [6, 6.07) is 9.91. The van der Waals surface area contributed by atoms with Crippen LogP contribution >= 0.6 is 27.7 Å². The van der Waals surface area contributed by atoms with Crippen LogP contribution < -0.4 is 0 Å². The van der Waals surface area contributed by atoms with Gasteiger partial charge in [0.1, 0.15) is 0 Å². The molecule has 84 valence electrons. The summed E-state index contributed by atoms with van der Waals surface area (Å²) in [5, 5.41) is 13.6. The van der Waals surface area contributed by atoms with Crippen LogP contribution in [0.25, 0.3) is 5.69 Å². The van der Waals surface area contributed by atoms with E-state index in [2.05, 4.69) is 31.5 Å². The summed E-state index contributed by atoms with van der Waals surface area (Å²) in [7, 11) is 0. The molecule has 0 radical (unpaired) electrons. The van der Waals surface area contributed by atoms with E-state index < -0.39 is 0 Å². The first-order chi connectivity index (χ1) is 7.92. The highest BCUT2D eigenvalue weighted by molar-refractivity contribution is 9.09. The Bertz CT molecular complexity index is 431. The molecular formula is C10H11BrN4S. The zero-order valence-electron chi connectivity index (χ0n) is 8.58. The van der Waals surface area contributed by atoms with Crippen LogP contribution in [0.3, 0.4) is 0 Å². The third-order valence-corrected chi connectivity index (χ3v) is 3.52. The Balaban J connectivity index is 2.13. The van der Waals surface area contributed by atoms with E-state index in [0.29, 0.717) is 0 Å². The minimum Gasteiger partial charge on any atom is -0.188 e. The number of alkyl halides is 1. The summed E-state index contributed by atoms with van der Waals surface area (Å²) < 4.78 is 1.76. The lowest BCUT2D eigenvalue weighted by Crippen LogP contribution is -1.98. The molecule has 2 rings (SSSR count). The van der Waals surface area contributed by atoms with Gasteiger partial charge in [-0.1, -0.05) is 45.9 Å². The summed E-state index contributed by atoms with van der Waals surface area (Å²) in [5.74, 6) is 1.01. The number of benzene rings is 1. The van der Waals surface area contributed by atoms with Gasteiger partial charge in [-0.05, 0) is 29.0 Å². The second kappa shape index (κ2) is 6.00. The van der Waals surface area contributed by atoms with Crippen molar-refractivity contribution in [2.75, 3.05) is 11.1 Å². The number of aromatic nitrogens is 4. The molecule has 6 heteroatoms. The van der Waals surface area contributed by atoms with E-state index in [1.807, 2.05) is 30.3 Å². The number of halogens is 1. The number of hydrogen-bond acceptors (Lipinski definition) is 4. The van der Waals surface area contributed by atoms with Crippen LogP contribution in [-0.2, 0) is 0 Å². The summed E-state index contributed by atoms with van der Waals surface area (Å²) >= 11 is 5.08. The average molecular weight is 299 g/mol. The fraction of sp³-hybridized carbons (Fsp3) is 0.300. The summed E-state index contributed by atoms with van der Waals surface area (Å²) in [4.78, 5) is 0. The van der Waals surface area contributed by atoms with Crippen LogP contribution in [0.2, 0.25) is 0 Å². The van der Waals surface area contributed by atoms with Crippen LogP contribution in [0, 0.1) is 0 Å². The second-order valence-electron chi connectivity index (χ2n) is 3.10. The molecule has 2 aromatic rings. The van der Waals surface area contributed by atoms with Crippen LogP contribution in [0.15, 0.2) is 35.5 Å². The van der Waals surface area contributed by atoms with Gasteiger partial charge in [0.15, 0.2) is 0 Å². The lowest BCUT2D eigenvalue weighted by Gasteiger charge is -2.02. The molecule has 0 fully saturated rings. The van der Waals surface area contributed by atoms with E-state index in [0.717, 1.165) is 28.3 Å². The maximum atomic E-state index is 4.01. The van der Waals surface area contributed by atoms with E-state index in [1.165, 1.54) is 0 Å². The molecule has 16 heavy (non-hydrogen) atoms. The van der Waals surface area contributed by atoms with Gasteiger partial charge in [-0.2, -0.15) is 4.68 Å². The molecule has 0 N–H and O–H groups in total. The molecule has 1 heterocycles. The lowest BCUT2D eigenvalue weighted by atomic mass is 10.3. The van der Waals surface area contributed by atoms with Gasteiger partial charge < -0.3 is 0 Å². The van der Waals surface area contributed by atoms with E-state index >= 15 is 0 Å². The molecule has 0 spiro atoms. The maximum absolute atomic E-state index is 4.01. The molecule has 1 aromatic carbocycles. The third-order valence-electron chi connectivity index (χ3n) is 1.95. The van der Waals surface area contributed by atoms with Crippen LogP contribution in [0.5, 0.6) is 0 Å². The van der Waals surface area contributed by atoms with Crippen molar-refractivity contribution >= 4 is 27.7 Å². The zero-order chi connectivity index (χ0) is 11.2. The van der Waals surface area contributed by atoms with E-state index in [9.17, 15) is 0 Å². The van der Waals surface area contributed by atoms with Crippen molar-refractivity contribution in [2.24, 2.45) is 0 Å². The molecule has 0 saturated carbocycles. The molecule has 4 nitrogen and oxygen atoms in total. The predicted octanol–water partition coefficient (Wildman–Crippen LogP) is 2.54. The molecular weight excluding hydrogens is 288 g/mol. The normalized spacial score (nSPS) is 10.6. The number of para-hydroxylation sites is 1. The van der Waals surface area contributed by atoms with Gasteiger partial charge in [-0.25, -0.2) is 0 Å². The predicted molar refractivity (Wildman–Crippen MR) is 68.3 cm³/mol. The summed E-state index contributed by atoms with van der Waals surface area (Å²) in [5.41, 5.74) is 0.994. The fourth-order valence-corrected chi connectivity index (χ4v) is 2.70. The third kappa shape index (κ3) is 2.82. The maximum Gasteiger partial charge on any atom is 0.214 e.